The Morgan fingerprint density at radius 3 is 2.32 bits per heavy atom. The molecule has 162 valence electrons. The number of aryl methyl sites for hydroxylation is 3. The quantitative estimate of drug-likeness (QED) is 0.510. The molecule has 1 atom stereocenters. The first-order chi connectivity index (χ1) is 14.6. The fraction of sp³-hybridized carbons (Fsp3) is 0.208. The predicted octanol–water partition coefficient (Wildman–Crippen LogP) is 5.56. The maximum atomic E-state index is 12.9. The molecule has 0 heterocycles. The fourth-order valence-corrected chi connectivity index (χ4v) is 5.01. The van der Waals surface area contributed by atoms with Gasteiger partial charge in [-0.2, -0.15) is 0 Å². The van der Waals surface area contributed by atoms with Gasteiger partial charge >= 0.3 is 0 Å². The van der Waals surface area contributed by atoms with Crippen LogP contribution >= 0.6 is 11.6 Å². The molecule has 7 heteroatoms. The number of nitrogens with one attached hydrogen (secondary N) is 2. The third-order valence-electron chi connectivity index (χ3n) is 4.99. The number of amides is 1. The number of hydrogen-bond donors (Lipinski definition) is 2. The average Bonchev–Trinajstić information content (AvgIpc) is 2.67. The summed E-state index contributed by atoms with van der Waals surface area (Å²) in [7, 11) is -3.97. The number of rotatable bonds is 6. The second kappa shape index (κ2) is 9.12. The molecule has 3 aromatic rings. The highest BCUT2D eigenvalue weighted by molar-refractivity contribution is 7.92. The first-order valence-electron chi connectivity index (χ1n) is 9.84. The maximum absolute atomic E-state index is 12.9. The SMILES string of the molecule is Cc1cccc(NS(=O)(=O)c2cc(C(=O)N[C@H](C)c3ccc(C)cc3C)ccc2Cl)c1. The smallest absolute Gasteiger partial charge is 0.263 e. The Kier molecular flexibility index (Phi) is 6.72. The van der Waals surface area contributed by atoms with E-state index in [-0.39, 0.29) is 27.4 Å². The van der Waals surface area contributed by atoms with Crippen LogP contribution in [0.25, 0.3) is 0 Å². The van der Waals surface area contributed by atoms with Crippen molar-refractivity contribution in [3.63, 3.8) is 0 Å². The van der Waals surface area contributed by atoms with Crippen LogP contribution < -0.4 is 10.0 Å². The minimum absolute atomic E-state index is 0.0409. The molecule has 0 saturated carbocycles. The van der Waals surface area contributed by atoms with Crippen molar-refractivity contribution in [2.24, 2.45) is 0 Å². The molecule has 0 unspecified atom stereocenters. The molecule has 3 aromatic carbocycles. The number of anilines is 1. The molecule has 5 nitrogen and oxygen atoms in total. The monoisotopic (exact) mass is 456 g/mol. The van der Waals surface area contributed by atoms with Gasteiger partial charge in [0.25, 0.3) is 15.9 Å². The van der Waals surface area contributed by atoms with Crippen molar-refractivity contribution < 1.29 is 13.2 Å². The summed E-state index contributed by atoms with van der Waals surface area (Å²) in [5.41, 5.74) is 4.78. The van der Waals surface area contributed by atoms with Crippen molar-refractivity contribution in [1.82, 2.24) is 5.32 Å². The number of halogens is 1. The lowest BCUT2D eigenvalue weighted by atomic mass is 10.00. The molecule has 0 aliphatic rings. The van der Waals surface area contributed by atoms with Gasteiger partial charge < -0.3 is 5.32 Å². The Labute approximate surface area is 188 Å². The molecule has 0 aliphatic heterocycles. The van der Waals surface area contributed by atoms with Gasteiger partial charge in [0.2, 0.25) is 0 Å². The second-order valence-corrected chi connectivity index (χ2v) is 9.73. The number of hydrogen-bond acceptors (Lipinski definition) is 3. The third kappa shape index (κ3) is 5.46. The van der Waals surface area contributed by atoms with Crippen LogP contribution in [0.2, 0.25) is 5.02 Å². The zero-order valence-electron chi connectivity index (χ0n) is 17.9. The molecule has 0 aromatic heterocycles. The van der Waals surface area contributed by atoms with Crippen molar-refractivity contribution in [2.75, 3.05) is 4.72 Å². The summed E-state index contributed by atoms with van der Waals surface area (Å²) >= 11 is 6.17. The molecular weight excluding hydrogens is 432 g/mol. The largest absolute Gasteiger partial charge is 0.346 e. The van der Waals surface area contributed by atoms with Gasteiger partial charge in [0, 0.05) is 11.3 Å². The Hall–Kier alpha value is -2.83. The number of benzene rings is 3. The predicted molar refractivity (Wildman–Crippen MR) is 125 cm³/mol. The molecule has 0 fully saturated rings. The van der Waals surface area contributed by atoms with E-state index in [1.165, 1.54) is 18.2 Å². The normalized spacial score (nSPS) is 12.3. The summed E-state index contributed by atoms with van der Waals surface area (Å²) < 4.78 is 28.3. The molecule has 0 spiro atoms. The number of sulfonamides is 1. The molecule has 0 aliphatic carbocycles. The zero-order valence-corrected chi connectivity index (χ0v) is 19.4. The van der Waals surface area contributed by atoms with Crippen molar-refractivity contribution in [2.45, 2.75) is 38.6 Å². The lowest BCUT2D eigenvalue weighted by Gasteiger charge is -2.18. The number of carbonyl (C=O) groups is 1. The van der Waals surface area contributed by atoms with Gasteiger partial charge in [-0.1, -0.05) is 47.5 Å². The van der Waals surface area contributed by atoms with E-state index in [1.54, 1.807) is 18.2 Å². The molecule has 1 amide bonds. The van der Waals surface area contributed by atoms with Crippen LogP contribution in [0.3, 0.4) is 0 Å². The van der Waals surface area contributed by atoms with E-state index in [1.807, 2.05) is 45.9 Å². The van der Waals surface area contributed by atoms with Crippen LogP contribution in [0.15, 0.2) is 65.6 Å². The zero-order chi connectivity index (χ0) is 22.8. The van der Waals surface area contributed by atoms with Gasteiger partial charge in [0.15, 0.2) is 0 Å². The molecule has 0 bridgehead atoms. The summed E-state index contributed by atoms with van der Waals surface area (Å²) in [6.07, 6.45) is 0. The average molecular weight is 457 g/mol. The summed E-state index contributed by atoms with van der Waals surface area (Å²) in [4.78, 5) is 12.7. The van der Waals surface area contributed by atoms with Gasteiger partial charge in [0.1, 0.15) is 4.90 Å². The Morgan fingerprint density at radius 2 is 1.65 bits per heavy atom. The minimum atomic E-state index is -3.97. The lowest BCUT2D eigenvalue weighted by Crippen LogP contribution is -2.27. The first-order valence-corrected chi connectivity index (χ1v) is 11.7. The van der Waals surface area contributed by atoms with Gasteiger partial charge in [-0.05, 0) is 74.7 Å². The van der Waals surface area contributed by atoms with Crippen molar-refractivity contribution in [3.8, 4) is 0 Å². The highest BCUT2D eigenvalue weighted by Gasteiger charge is 2.21. The van der Waals surface area contributed by atoms with E-state index in [9.17, 15) is 13.2 Å². The molecule has 0 radical (unpaired) electrons. The summed E-state index contributed by atoms with van der Waals surface area (Å²) in [5, 5.41) is 2.97. The van der Waals surface area contributed by atoms with Crippen LogP contribution in [0, 0.1) is 20.8 Å². The van der Waals surface area contributed by atoms with E-state index < -0.39 is 10.0 Å². The van der Waals surface area contributed by atoms with Gasteiger partial charge in [-0.15, -0.1) is 0 Å². The molecule has 3 rings (SSSR count). The van der Waals surface area contributed by atoms with E-state index in [0.717, 1.165) is 22.3 Å². The third-order valence-corrected chi connectivity index (χ3v) is 6.86. The topological polar surface area (TPSA) is 75.3 Å². The van der Waals surface area contributed by atoms with Gasteiger partial charge in [-0.3, -0.25) is 9.52 Å². The van der Waals surface area contributed by atoms with E-state index >= 15 is 0 Å². The van der Waals surface area contributed by atoms with Crippen LogP contribution in [-0.2, 0) is 10.0 Å². The highest BCUT2D eigenvalue weighted by Crippen LogP contribution is 2.26. The van der Waals surface area contributed by atoms with E-state index in [0.29, 0.717) is 5.69 Å². The van der Waals surface area contributed by atoms with Crippen LogP contribution in [0.4, 0.5) is 5.69 Å². The Morgan fingerprint density at radius 1 is 0.935 bits per heavy atom. The Balaban J connectivity index is 1.85. The lowest BCUT2D eigenvalue weighted by molar-refractivity contribution is 0.0939. The van der Waals surface area contributed by atoms with Crippen molar-refractivity contribution in [1.29, 1.82) is 0 Å². The molecular formula is C24H25ClN2O3S. The summed E-state index contributed by atoms with van der Waals surface area (Å²) in [5.74, 6) is -0.379. The van der Waals surface area contributed by atoms with Crippen molar-refractivity contribution >= 4 is 33.2 Å². The summed E-state index contributed by atoms with van der Waals surface area (Å²) in [6, 6.07) is 17.0. The van der Waals surface area contributed by atoms with Crippen molar-refractivity contribution in [3.05, 3.63) is 93.5 Å². The Bertz CT molecular complexity index is 1240. The standard InChI is InChI=1S/C24H25ClN2O3S/c1-15-6-5-7-20(13-15)27-31(29,30)23-14-19(9-11-22(23)25)24(28)26-18(4)21-10-8-16(2)12-17(21)3/h5-14,18,27H,1-4H3,(H,26,28)/t18-/m1/s1. The first kappa shape index (κ1) is 22.8. The molecule has 0 saturated heterocycles. The second-order valence-electron chi connectivity index (χ2n) is 7.68. The van der Waals surface area contributed by atoms with Crippen LogP contribution in [0.5, 0.6) is 0 Å². The van der Waals surface area contributed by atoms with E-state index in [2.05, 4.69) is 16.1 Å². The maximum Gasteiger partial charge on any atom is 0.263 e. The van der Waals surface area contributed by atoms with Gasteiger partial charge in [0.05, 0.1) is 11.1 Å². The van der Waals surface area contributed by atoms with Gasteiger partial charge in [-0.25, -0.2) is 8.42 Å². The van der Waals surface area contributed by atoms with Crippen LogP contribution in [-0.4, -0.2) is 14.3 Å². The number of carbonyl (C=O) groups excluding carboxylic acids is 1. The fourth-order valence-electron chi connectivity index (χ4n) is 3.44. The highest BCUT2D eigenvalue weighted by atomic mass is 35.5. The summed E-state index contributed by atoms with van der Waals surface area (Å²) in [6.45, 7) is 7.77. The van der Waals surface area contributed by atoms with E-state index in [4.69, 9.17) is 11.6 Å². The minimum Gasteiger partial charge on any atom is -0.346 e. The molecule has 2 N–H and O–H groups in total. The molecule has 31 heavy (non-hydrogen) atoms. The van der Waals surface area contributed by atoms with Crippen LogP contribution in [0.1, 0.15) is 45.6 Å².